The SMILES string of the molecule is Nc1cnc(C=O)c(CBr)c1C(F)F. The molecule has 1 heterocycles. The Morgan fingerprint density at radius 2 is 2.29 bits per heavy atom. The summed E-state index contributed by atoms with van der Waals surface area (Å²) in [7, 11) is 0. The van der Waals surface area contributed by atoms with Crippen molar-refractivity contribution in [1.29, 1.82) is 0 Å². The first kappa shape index (κ1) is 11.0. The average Bonchev–Trinajstić information content (AvgIpc) is 2.16. The molecule has 3 nitrogen and oxygen atoms in total. The van der Waals surface area contributed by atoms with E-state index in [0.717, 1.165) is 6.20 Å². The fourth-order valence-electron chi connectivity index (χ4n) is 1.10. The van der Waals surface area contributed by atoms with Crippen LogP contribution in [0.3, 0.4) is 0 Å². The van der Waals surface area contributed by atoms with E-state index in [4.69, 9.17) is 5.73 Å². The fourth-order valence-corrected chi connectivity index (χ4v) is 1.69. The molecule has 0 bridgehead atoms. The number of rotatable bonds is 3. The predicted molar refractivity (Wildman–Crippen MR) is 51.6 cm³/mol. The molecule has 1 aromatic heterocycles. The minimum absolute atomic E-state index is 0.00799. The molecule has 0 unspecified atom stereocenters. The summed E-state index contributed by atoms with van der Waals surface area (Å²) in [5.41, 5.74) is 5.06. The van der Waals surface area contributed by atoms with Gasteiger partial charge >= 0.3 is 0 Å². The standard InChI is InChI=1S/C8H7BrF2N2O/c9-1-4-6(3-14)13-2-5(12)7(4)8(10)11/h2-3,8H,1,12H2. The molecule has 0 aromatic carbocycles. The van der Waals surface area contributed by atoms with E-state index in [1.54, 1.807) is 0 Å². The summed E-state index contributed by atoms with van der Waals surface area (Å²) in [6, 6.07) is 0. The van der Waals surface area contributed by atoms with Gasteiger partial charge in [-0.2, -0.15) is 0 Å². The van der Waals surface area contributed by atoms with E-state index < -0.39 is 6.43 Å². The smallest absolute Gasteiger partial charge is 0.266 e. The van der Waals surface area contributed by atoms with Crippen molar-refractivity contribution in [3.8, 4) is 0 Å². The molecule has 2 N–H and O–H groups in total. The van der Waals surface area contributed by atoms with Crippen LogP contribution in [0.4, 0.5) is 14.5 Å². The molecule has 0 amide bonds. The third-order valence-electron chi connectivity index (χ3n) is 1.75. The van der Waals surface area contributed by atoms with Gasteiger partial charge in [0.1, 0.15) is 5.69 Å². The van der Waals surface area contributed by atoms with Crippen LogP contribution in [0.25, 0.3) is 0 Å². The molecule has 6 heteroatoms. The van der Waals surface area contributed by atoms with Crippen molar-refractivity contribution in [3.63, 3.8) is 0 Å². The van der Waals surface area contributed by atoms with E-state index in [1.165, 1.54) is 0 Å². The normalized spacial score (nSPS) is 10.6. The number of anilines is 1. The van der Waals surface area contributed by atoms with Gasteiger partial charge in [-0.15, -0.1) is 0 Å². The van der Waals surface area contributed by atoms with E-state index in [-0.39, 0.29) is 27.8 Å². The average molecular weight is 265 g/mol. The molecule has 1 rings (SSSR count). The highest BCUT2D eigenvalue weighted by molar-refractivity contribution is 9.08. The number of carbonyl (C=O) groups excluding carboxylic acids is 1. The Hall–Kier alpha value is -1.04. The van der Waals surface area contributed by atoms with Crippen molar-refractivity contribution >= 4 is 27.9 Å². The van der Waals surface area contributed by atoms with Crippen LogP contribution >= 0.6 is 15.9 Å². The first-order valence-electron chi connectivity index (χ1n) is 3.68. The van der Waals surface area contributed by atoms with E-state index in [9.17, 15) is 13.6 Å². The highest BCUT2D eigenvalue weighted by Crippen LogP contribution is 2.30. The lowest BCUT2D eigenvalue weighted by atomic mass is 10.1. The Bertz CT molecular complexity index is 357. The molecule has 0 aliphatic carbocycles. The van der Waals surface area contributed by atoms with E-state index in [0.29, 0.717) is 6.29 Å². The van der Waals surface area contributed by atoms with Crippen molar-refractivity contribution in [2.75, 3.05) is 5.73 Å². The molecule has 0 saturated carbocycles. The van der Waals surface area contributed by atoms with Crippen LogP contribution in [0.5, 0.6) is 0 Å². The summed E-state index contributed by atoms with van der Waals surface area (Å²) in [6.45, 7) is 0. The van der Waals surface area contributed by atoms with E-state index in [1.807, 2.05) is 0 Å². The molecular weight excluding hydrogens is 258 g/mol. The fraction of sp³-hybridized carbons (Fsp3) is 0.250. The lowest BCUT2D eigenvalue weighted by Gasteiger charge is -2.10. The van der Waals surface area contributed by atoms with Crippen molar-refractivity contribution in [2.24, 2.45) is 0 Å². The zero-order valence-corrected chi connectivity index (χ0v) is 8.59. The highest BCUT2D eigenvalue weighted by Gasteiger charge is 2.19. The number of alkyl halides is 3. The van der Waals surface area contributed by atoms with Gasteiger partial charge in [-0.3, -0.25) is 9.78 Å². The lowest BCUT2D eigenvalue weighted by molar-refractivity contribution is 0.111. The van der Waals surface area contributed by atoms with Crippen LogP contribution in [0.15, 0.2) is 6.20 Å². The van der Waals surface area contributed by atoms with Crippen molar-refractivity contribution in [3.05, 3.63) is 23.0 Å². The number of aldehydes is 1. The Balaban J connectivity index is 3.42. The second kappa shape index (κ2) is 4.45. The van der Waals surface area contributed by atoms with Crippen molar-refractivity contribution in [1.82, 2.24) is 4.98 Å². The van der Waals surface area contributed by atoms with Crippen LogP contribution in [0.2, 0.25) is 0 Å². The van der Waals surface area contributed by atoms with Gasteiger partial charge < -0.3 is 5.73 Å². The topological polar surface area (TPSA) is 56.0 Å². The zero-order valence-electron chi connectivity index (χ0n) is 7.01. The first-order valence-corrected chi connectivity index (χ1v) is 4.80. The summed E-state index contributed by atoms with van der Waals surface area (Å²) in [6.07, 6.45) is -1.21. The third-order valence-corrected chi connectivity index (χ3v) is 2.31. The van der Waals surface area contributed by atoms with Gasteiger partial charge in [-0.05, 0) is 0 Å². The monoisotopic (exact) mass is 264 g/mol. The predicted octanol–water partition coefficient (Wildman–Crippen LogP) is 2.31. The van der Waals surface area contributed by atoms with Crippen LogP contribution < -0.4 is 5.73 Å². The number of nitrogens with zero attached hydrogens (tertiary/aromatic N) is 1. The molecule has 14 heavy (non-hydrogen) atoms. The van der Waals surface area contributed by atoms with E-state index >= 15 is 0 Å². The van der Waals surface area contributed by atoms with Gasteiger partial charge in [0, 0.05) is 16.5 Å². The second-order valence-electron chi connectivity index (χ2n) is 2.54. The molecule has 0 radical (unpaired) electrons. The Kier molecular flexibility index (Phi) is 3.51. The maximum absolute atomic E-state index is 12.5. The van der Waals surface area contributed by atoms with Gasteiger partial charge in [-0.25, -0.2) is 8.78 Å². The summed E-state index contributed by atoms with van der Waals surface area (Å²) in [4.78, 5) is 14.2. The van der Waals surface area contributed by atoms with Crippen LogP contribution in [0.1, 0.15) is 28.0 Å². The van der Waals surface area contributed by atoms with E-state index in [2.05, 4.69) is 20.9 Å². The molecule has 0 saturated heterocycles. The minimum Gasteiger partial charge on any atom is -0.397 e. The summed E-state index contributed by atoms with van der Waals surface area (Å²) >= 11 is 3.01. The second-order valence-corrected chi connectivity index (χ2v) is 3.10. The molecule has 0 aliphatic heterocycles. The summed E-state index contributed by atoms with van der Waals surface area (Å²) < 4.78 is 25.1. The third kappa shape index (κ3) is 1.89. The molecule has 0 atom stereocenters. The lowest BCUT2D eigenvalue weighted by Crippen LogP contribution is -2.05. The number of carbonyl (C=O) groups is 1. The van der Waals surface area contributed by atoms with Crippen LogP contribution in [0, 0.1) is 0 Å². The van der Waals surface area contributed by atoms with Crippen molar-refractivity contribution < 1.29 is 13.6 Å². The molecular formula is C8H7BrF2N2O. The maximum Gasteiger partial charge on any atom is 0.266 e. The zero-order chi connectivity index (χ0) is 10.7. The van der Waals surface area contributed by atoms with Gasteiger partial charge in [0.15, 0.2) is 6.29 Å². The van der Waals surface area contributed by atoms with Crippen molar-refractivity contribution in [2.45, 2.75) is 11.8 Å². The largest absolute Gasteiger partial charge is 0.397 e. The Morgan fingerprint density at radius 1 is 1.64 bits per heavy atom. The number of pyridine rings is 1. The van der Waals surface area contributed by atoms with Gasteiger partial charge in [-0.1, -0.05) is 15.9 Å². The minimum atomic E-state index is -2.70. The quantitative estimate of drug-likeness (QED) is 0.674. The number of halogens is 3. The Labute approximate surface area is 87.4 Å². The first-order chi connectivity index (χ1) is 6.61. The number of aromatic nitrogens is 1. The van der Waals surface area contributed by atoms with Crippen LogP contribution in [-0.2, 0) is 5.33 Å². The number of nitrogens with two attached hydrogens (primary N) is 1. The molecule has 0 spiro atoms. The van der Waals surface area contributed by atoms with Crippen LogP contribution in [-0.4, -0.2) is 11.3 Å². The van der Waals surface area contributed by atoms with Gasteiger partial charge in [0.05, 0.1) is 11.9 Å². The molecule has 0 fully saturated rings. The van der Waals surface area contributed by atoms with Gasteiger partial charge in [0.2, 0.25) is 0 Å². The maximum atomic E-state index is 12.5. The molecule has 76 valence electrons. The number of hydrogen-bond acceptors (Lipinski definition) is 3. The molecule has 0 aliphatic rings. The summed E-state index contributed by atoms with van der Waals surface area (Å²) in [5.74, 6) is 0. The Morgan fingerprint density at radius 3 is 2.71 bits per heavy atom. The highest BCUT2D eigenvalue weighted by atomic mass is 79.9. The molecule has 1 aromatic rings. The van der Waals surface area contributed by atoms with Gasteiger partial charge in [0.25, 0.3) is 6.43 Å². The summed E-state index contributed by atoms with van der Waals surface area (Å²) in [5, 5.41) is 0.124. The number of hydrogen-bond donors (Lipinski definition) is 1. The number of nitrogen functional groups attached to an aromatic ring is 1.